The van der Waals surface area contributed by atoms with E-state index in [0.29, 0.717) is 5.69 Å². The van der Waals surface area contributed by atoms with Gasteiger partial charge >= 0.3 is 5.97 Å². The molecule has 1 aromatic heterocycles. The van der Waals surface area contributed by atoms with Crippen LogP contribution in [-0.2, 0) is 0 Å². The second-order valence-corrected chi connectivity index (χ2v) is 4.33. The van der Waals surface area contributed by atoms with Crippen molar-refractivity contribution in [2.75, 3.05) is 5.32 Å². The number of nitrogens with one attached hydrogen (secondary N) is 1. The number of oxazole rings is 1. The molecule has 0 aliphatic heterocycles. The molecule has 0 saturated carbocycles. The van der Waals surface area contributed by atoms with E-state index in [-0.39, 0.29) is 17.8 Å². The highest BCUT2D eigenvalue weighted by atomic mass is 16.5. The van der Waals surface area contributed by atoms with Crippen LogP contribution >= 0.6 is 0 Å². The summed E-state index contributed by atoms with van der Waals surface area (Å²) < 4.78 is 10.7. The number of aromatic carboxylic acids is 1. The molecular weight excluding hydrogens is 260 g/mol. The summed E-state index contributed by atoms with van der Waals surface area (Å²) in [5.41, 5.74) is 0.573. The van der Waals surface area contributed by atoms with Crippen LogP contribution in [0.15, 0.2) is 34.9 Å². The van der Waals surface area contributed by atoms with Gasteiger partial charge in [0.05, 0.1) is 6.10 Å². The highest BCUT2D eigenvalue weighted by molar-refractivity contribution is 5.85. The molecule has 1 atom stereocenters. The fourth-order valence-electron chi connectivity index (χ4n) is 1.52. The first-order chi connectivity index (χ1) is 9.58. The van der Waals surface area contributed by atoms with Crippen LogP contribution in [-0.4, -0.2) is 22.2 Å². The summed E-state index contributed by atoms with van der Waals surface area (Å²) in [4.78, 5) is 14.5. The molecule has 0 bridgehead atoms. The van der Waals surface area contributed by atoms with E-state index in [1.165, 1.54) is 0 Å². The minimum absolute atomic E-state index is 0.128. The number of rotatable bonds is 6. The number of carbonyl (C=O) groups is 1. The highest BCUT2D eigenvalue weighted by Crippen LogP contribution is 2.22. The summed E-state index contributed by atoms with van der Waals surface area (Å²) in [6.45, 7) is 4.04. The quantitative estimate of drug-likeness (QED) is 0.842. The molecule has 0 radical (unpaired) electrons. The predicted octanol–water partition coefficient (Wildman–Crippen LogP) is 3.29. The van der Waals surface area contributed by atoms with Gasteiger partial charge in [0, 0.05) is 11.8 Å². The third-order valence-electron chi connectivity index (χ3n) is 2.72. The van der Waals surface area contributed by atoms with E-state index >= 15 is 0 Å². The Hall–Kier alpha value is -2.50. The van der Waals surface area contributed by atoms with E-state index in [0.717, 1.165) is 18.4 Å². The highest BCUT2D eigenvalue weighted by Gasteiger charge is 2.10. The van der Waals surface area contributed by atoms with Gasteiger partial charge < -0.3 is 19.6 Å². The van der Waals surface area contributed by atoms with Gasteiger partial charge in [0.1, 0.15) is 12.0 Å². The maximum Gasteiger partial charge on any atom is 0.357 e. The summed E-state index contributed by atoms with van der Waals surface area (Å²) in [7, 11) is 0. The Bertz CT molecular complexity index is 594. The Morgan fingerprint density at radius 2 is 2.35 bits per heavy atom. The molecule has 1 unspecified atom stereocenters. The maximum atomic E-state index is 10.7. The van der Waals surface area contributed by atoms with Crippen LogP contribution in [0.4, 0.5) is 11.7 Å². The van der Waals surface area contributed by atoms with Crippen molar-refractivity contribution in [3.63, 3.8) is 0 Å². The fourth-order valence-corrected chi connectivity index (χ4v) is 1.52. The van der Waals surface area contributed by atoms with Crippen molar-refractivity contribution < 1.29 is 19.1 Å². The molecule has 0 saturated heterocycles. The van der Waals surface area contributed by atoms with E-state index in [1.54, 1.807) is 6.07 Å². The van der Waals surface area contributed by atoms with Crippen LogP contribution in [0.1, 0.15) is 30.8 Å². The maximum absolute atomic E-state index is 10.7. The molecular formula is C14H16N2O4. The summed E-state index contributed by atoms with van der Waals surface area (Å²) in [5.74, 6) is -0.398. The zero-order valence-corrected chi connectivity index (χ0v) is 11.3. The molecule has 0 amide bonds. The molecule has 106 valence electrons. The first kappa shape index (κ1) is 13.9. The van der Waals surface area contributed by atoms with Crippen LogP contribution in [0.3, 0.4) is 0 Å². The van der Waals surface area contributed by atoms with Gasteiger partial charge in [0.15, 0.2) is 5.69 Å². The lowest BCUT2D eigenvalue weighted by Gasteiger charge is -2.13. The molecule has 2 rings (SSSR count). The molecule has 2 aromatic rings. The van der Waals surface area contributed by atoms with Crippen molar-refractivity contribution in [2.45, 2.75) is 26.4 Å². The van der Waals surface area contributed by atoms with Crippen molar-refractivity contribution in [3.05, 3.63) is 36.2 Å². The Kier molecular flexibility index (Phi) is 4.24. The molecule has 6 heteroatoms. The number of benzene rings is 1. The second-order valence-electron chi connectivity index (χ2n) is 4.33. The predicted molar refractivity (Wildman–Crippen MR) is 73.6 cm³/mol. The van der Waals surface area contributed by atoms with E-state index in [9.17, 15) is 4.79 Å². The van der Waals surface area contributed by atoms with Crippen molar-refractivity contribution >= 4 is 17.7 Å². The number of carboxylic acids is 1. The summed E-state index contributed by atoms with van der Waals surface area (Å²) in [5, 5.41) is 11.7. The van der Waals surface area contributed by atoms with Crippen LogP contribution in [0, 0.1) is 0 Å². The normalized spacial score (nSPS) is 11.9. The number of hydrogen-bond acceptors (Lipinski definition) is 5. The topological polar surface area (TPSA) is 84.6 Å². The van der Waals surface area contributed by atoms with Crippen molar-refractivity contribution in [2.24, 2.45) is 0 Å². The minimum atomic E-state index is -1.13. The average molecular weight is 276 g/mol. The van der Waals surface area contributed by atoms with E-state index < -0.39 is 5.97 Å². The molecule has 20 heavy (non-hydrogen) atoms. The third-order valence-corrected chi connectivity index (χ3v) is 2.72. The largest absolute Gasteiger partial charge is 0.491 e. The monoisotopic (exact) mass is 276 g/mol. The molecule has 0 aliphatic carbocycles. The molecule has 0 aliphatic rings. The number of hydrogen-bond donors (Lipinski definition) is 2. The summed E-state index contributed by atoms with van der Waals surface area (Å²) in [6, 6.07) is 7.43. The van der Waals surface area contributed by atoms with E-state index in [1.807, 2.05) is 32.0 Å². The zero-order valence-electron chi connectivity index (χ0n) is 11.3. The first-order valence-electron chi connectivity index (χ1n) is 6.31. The number of anilines is 2. The summed E-state index contributed by atoms with van der Waals surface area (Å²) in [6.07, 6.45) is 2.13. The Balaban J connectivity index is 2.08. The van der Waals surface area contributed by atoms with E-state index in [4.69, 9.17) is 14.3 Å². The van der Waals surface area contributed by atoms with Gasteiger partial charge in [-0.2, -0.15) is 4.98 Å². The number of nitrogens with zero attached hydrogens (tertiary/aromatic N) is 1. The number of ether oxygens (including phenoxy) is 1. The van der Waals surface area contributed by atoms with Gasteiger partial charge in [-0.25, -0.2) is 4.79 Å². The summed E-state index contributed by atoms with van der Waals surface area (Å²) >= 11 is 0. The zero-order chi connectivity index (χ0) is 14.5. The Morgan fingerprint density at radius 3 is 3.00 bits per heavy atom. The van der Waals surface area contributed by atoms with Gasteiger partial charge in [-0.3, -0.25) is 0 Å². The number of carboxylic acid groups (broad SMARTS) is 1. The van der Waals surface area contributed by atoms with Crippen LogP contribution in [0.5, 0.6) is 5.75 Å². The van der Waals surface area contributed by atoms with Gasteiger partial charge in [0.2, 0.25) is 0 Å². The van der Waals surface area contributed by atoms with Crippen LogP contribution in [0.2, 0.25) is 0 Å². The smallest absolute Gasteiger partial charge is 0.357 e. The lowest BCUT2D eigenvalue weighted by Crippen LogP contribution is -2.09. The van der Waals surface area contributed by atoms with Gasteiger partial charge in [-0.1, -0.05) is 13.0 Å². The van der Waals surface area contributed by atoms with Crippen LogP contribution in [0.25, 0.3) is 0 Å². The first-order valence-corrected chi connectivity index (χ1v) is 6.31. The Labute approximate surface area is 116 Å². The SMILES string of the molecule is CCC(C)Oc1cccc(Nc2nc(C(=O)O)co2)c1. The Morgan fingerprint density at radius 1 is 1.55 bits per heavy atom. The van der Waals surface area contributed by atoms with Gasteiger partial charge in [0.25, 0.3) is 6.01 Å². The fraction of sp³-hybridized carbons (Fsp3) is 0.286. The molecule has 0 fully saturated rings. The molecule has 1 aromatic carbocycles. The molecule has 6 nitrogen and oxygen atoms in total. The van der Waals surface area contributed by atoms with Gasteiger partial charge in [-0.05, 0) is 25.5 Å². The van der Waals surface area contributed by atoms with Crippen molar-refractivity contribution in [3.8, 4) is 5.75 Å². The molecule has 2 N–H and O–H groups in total. The third kappa shape index (κ3) is 3.50. The molecule has 0 spiro atoms. The lowest BCUT2D eigenvalue weighted by molar-refractivity contribution is 0.0690. The van der Waals surface area contributed by atoms with Crippen molar-refractivity contribution in [1.29, 1.82) is 0 Å². The van der Waals surface area contributed by atoms with E-state index in [2.05, 4.69) is 10.3 Å². The van der Waals surface area contributed by atoms with Crippen LogP contribution < -0.4 is 10.1 Å². The average Bonchev–Trinajstić information content (AvgIpc) is 2.87. The molecule has 1 heterocycles. The number of aromatic nitrogens is 1. The second kappa shape index (κ2) is 6.10. The van der Waals surface area contributed by atoms with Crippen molar-refractivity contribution in [1.82, 2.24) is 4.98 Å². The lowest BCUT2D eigenvalue weighted by atomic mass is 10.3. The van der Waals surface area contributed by atoms with Gasteiger partial charge in [-0.15, -0.1) is 0 Å². The minimum Gasteiger partial charge on any atom is -0.491 e. The standard InChI is InChI=1S/C14H16N2O4/c1-3-9(2)20-11-6-4-5-10(7-11)15-14-16-12(8-19-14)13(17)18/h4-9H,3H2,1-2H3,(H,15,16)(H,17,18).